The molecular formula is C26H20Cl3NO4. The Morgan fingerprint density at radius 3 is 2.32 bits per heavy atom. The fourth-order valence-corrected chi connectivity index (χ4v) is 4.77. The summed E-state index contributed by atoms with van der Waals surface area (Å²) in [6, 6.07) is 15.8. The maximum atomic E-state index is 13.3. The van der Waals surface area contributed by atoms with E-state index in [1.807, 2.05) is 26.0 Å². The number of carbonyl (C=O) groups excluding carboxylic acids is 2. The number of ether oxygens (including phenoxy) is 1. The Morgan fingerprint density at radius 1 is 1.00 bits per heavy atom. The SMILES string of the molecule is CCOc1ccc(Cl)c(/C(O)=C2\C(=O)C(=O)N(c3cc(Cl)cc(Cl)c3)C2c2ccccc2C)c1. The summed E-state index contributed by atoms with van der Waals surface area (Å²) in [4.78, 5) is 28.0. The van der Waals surface area contributed by atoms with Crippen molar-refractivity contribution in [3.05, 3.63) is 98.0 Å². The summed E-state index contributed by atoms with van der Waals surface area (Å²) < 4.78 is 5.53. The molecule has 1 atom stereocenters. The molecule has 0 bridgehead atoms. The van der Waals surface area contributed by atoms with Gasteiger partial charge in [0, 0.05) is 21.3 Å². The molecule has 1 N–H and O–H groups in total. The molecule has 0 saturated carbocycles. The Morgan fingerprint density at radius 2 is 1.68 bits per heavy atom. The zero-order valence-electron chi connectivity index (χ0n) is 18.3. The number of carbonyl (C=O) groups is 2. The van der Waals surface area contributed by atoms with Gasteiger partial charge in [0.1, 0.15) is 11.5 Å². The second kappa shape index (κ2) is 9.71. The highest BCUT2D eigenvalue weighted by atomic mass is 35.5. The number of hydrogen-bond acceptors (Lipinski definition) is 4. The van der Waals surface area contributed by atoms with Crippen molar-refractivity contribution in [3.8, 4) is 5.75 Å². The molecule has 34 heavy (non-hydrogen) atoms. The van der Waals surface area contributed by atoms with E-state index >= 15 is 0 Å². The average Bonchev–Trinajstić information content (AvgIpc) is 3.05. The number of hydrogen-bond donors (Lipinski definition) is 1. The lowest BCUT2D eigenvalue weighted by Crippen LogP contribution is -2.29. The average molecular weight is 517 g/mol. The minimum absolute atomic E-state index is 0.0917. The Labute approximate surface area is 212 Å². The lowest BCUT2D eigenvalue weighted by molar-refractivity contribution is -0.132. The topological polar surface area (TPSA) is 66.8 Å². The van der Waals surface area contributed by atoms with Gasteiger partial charge in [-0.05, 0) is 61.4 Å². The maximum Gasteiger partial charge on any atom is 0.300 e. The fraction of sp³-hybridized carbons (Fsp3) is 0.154. The van der Waals surface area contributed by atoms with E-state index in [-0.39, 0.29) is 16.2 Å². The van der Waals surface area contributed by atoms with Crippen LogP contribution in [-0.2, 0) is 9.59 Å². The first-order valence-corrected chi connectivity index (χ1v) is 11.6. The number of ketones is 1. The molecule has 1 aliphatic heterocycles. The summed E-state index contributed by atoms with van der Waals surface area (Å²) in [6.45, 7) is 4.10. The molecule has 8 heteroatoms. The maximum absolute atomic E-state index is 13.3. The number of benzene rings is 3. The standard InChI is InChI=1S/C26H20Cl3NO4/c1-3-34-18-8-9-21(29)20(13-18)24(31)22-23(19-7-5-4-6-14(19)2)30(26(33)25(22)32)17-11-15(27)10-16(28)12-17/h4-13,23,31H,3H2,1-2H3/b24-22+. The second-order valence-electron chi connectivity index (χ2n) is 7.73. The van der Waals surface area contributed by atoms with Crippen LogP contribution >= 0.6 is 34.8 Å². The van der Waals surface area contributed by atoms with Crippen molar-refractivity contribution < 1.29 is 19.4 Å². The van der Waals surface area contributed by atoms with E-state index in [2.05, 4.69) is 0 Å². The van der Waals surface area contributed by atoms with Crippen molar-refractivity contribution >= 4 is 57.9 Å². The number of aryl methyl sites for hydroxylation is 1. The van der Waals surface area contributed by atoms with Gasteiger partial charge >= 0.3 is 0 Å². The predicted octanol–water partition coefficient (Wildman–Crippen LogP) is 6.98. The molecule has 3 aromatic carbocycles. The molecular weight excluding hydrogens is 497 g/mol. The third-order valence-electron chi connectivity index (χ3n) is 5.56. The van der Waals surface area contributed by atoms with Crippen molar-refractivity contribution in [3.63, 3.8) is 0 Å². The molecule has 0 radical (unpaired) electrons. The smallest absolute Gasteiger partial charge is 0.300 e. The third-order valence-corrected chi connectivity index (χ3v) is 6.32. The Bertz CT molecular complexity index is 1320. The molecule has 1 aliphatic rings. The van der Waals surface area contributed by atoms with Gasteiger partial charge in [0.05, 0.1) is 23.2 Å². The summed E-state index contributed by atoms with van der Waals surface area (Å²) in [7, 11) is 0. The number of aliphatic hydroxyl groups excluding tert-OH is 1. The second-order valence-corrected chi connectivity index (χ2v) is 9.01. The van der Waals surface area contributed by atoms with Gasteiger partial charge < -0.3 is 9.84 Å². The predicted molar refractivity (Wildman–Crippen MR) is 135 cm³/mol. The minimum Gasteiger partial charge on any atom is -0.507 e. The summed E-state index contributed by atoms with van der Waals surface area (Å²) in [5.74, 6) is -1.59. The van der Waals surface area contributed by atoms with Crippen LogP contribution in [0.5, 0.6) is 5.75 Å². The zero-order valence-corrected chi connectivity index (χ0v) is 20.6. The minimum atomic E-state index is -0.928. The van der Waals surface area contributed by atoms with Crippen LogP contribution in [0.1, 0.15) is 29.7 Å². The lowest BCUT2D eigenvalue weighted by atomic mass is 9.92. The van der Waals surface area contributed by atoms with Crippen LogP contribution in [-0.4, -0.2) is 23.4 Å². The van der Waals surface area contributed by atoms with Crippen molar-refractivity contribution in [2.45, 2.75) is 19.9 Å². The molecule has 1 unspecified atom stereocenters. The molecule has 174 valence electrons. The van der Waals surface area contributed by atoms with Crippen molar-refractivity contribution in [2.75, 3.05) is 11.5 Å². The van der Waals surface area contributed by atoms with E-state index < -0.39 is 23.5 Å². The number of amides is 1. The van der Waals surface area contributed by atoms with E-state index in [4.69, 9.17) is 39.5 Å². The molecule has 0 aromatic heterocycles. The molecule has 5 nitrogen and oxygen atoms in total. The quantitative estimate of drug-likeness (QED) is 0.226. The van der Waals surface area contributed by atoms with Crippen LogP contribution in [0, 0.1) is 6.92 Å². The number of halogens is 3. The van der Waals surface area contributed by atoms with Crippen LogP contribution < -0.4 is 9.64 Å². The van der Waals surface area contributed by atoms with E-state index in [1.54, 1.807) is 42.5 Å². The highest BCUT2D eigenvalue weighted by Crippen LogP contribution is 2.45. The molecule has 1 heterocycles. The lowest BCUT2D eigenvalue weighted by Gasteiger charge is -2.27. The van der Waals surface area contributed by atoms with E-state index in [0.29, 0.717) is 33.7 Å². The number of Topliss-reactive ketones (excluding diaryl/α,β-unsaturated/α-hetero) is 1. The first kappa shape index (κ1) is 24.1. The largest absolute Gasteiger partial charge is 0.507 e. The first-order valence-electron chi connectivity index (χ1n) is 10.5. The van der Waals surface area contributed by atoms with Crippen LogP contribution in [0.3, 0.4) is 0 Å². The van der Waals surface area contributed by atoms with E-state index in [9.17, 15) is 14.7 Å². The van der Waals surface area contributed by atoms with Gasteiger partial charge in [-0.1, -0.05) is 59.1 Å². The highest BCUT2D eigenvalue weighted by Gasteiger charge is 2.47. The summed E-state index contributed by atoms with van der Waals surface area (Å²) in [5.41, 5.74) is 1.92. The number of nitrogens with zero attached hydrogens (tertiary/aromatic N) is 1. The fourth-order valence-electron chi connectivity index (χ4n) is 4.05. The van der Waals surface area contributed by atoms with Gasteiger partial charge in [0.25, 0.3) is 11.7 Å². The van der Waals surface area contributed by atoms with Gasteiger partial charge in [-0.15, -0.1) is 0 Å². The molecule has 1 amide bonds. The van der Waals surface area contributed by atoms with Crippen molar-refractivity contribution in [1.82, 2.24) is 0 Å². The Balaban J connectivity index is 2.00. The van der Waals surface area contributed by atoms with Crippen LogP contribution in [0.15, 0.2) is 66.2 Å². The third kappa shape index (κ3) is 4.39. The Kier molecular flexibility index (Phi) is 6.89. The van der Waals surface area contributed by atoms with Gasteiger partial charge in [-0.3, -0.25) is 14.5 Å². The summed E-state index contributed by atoms with van der Waals surface area (Å²) >= 11 is 18.8. The Hall–Kier alpha value is -2.99. The van der Waals surface area contributed by atoms with Gasteiger partial charge in [0.15, 0.2) is 0 Å². The number of anilines is 1. The van der Waals surface area contributed by atoms with E-state index in [0.717, 1.165) is 5.56 Å². The van der Waals surface area contributed by atoms with Gasteiger partial charge in [-0.2, -0.15) is 0 Å². The molecule has 1 fully saturated rings. The number of aliphatic hydroxyl groups is 1. The van der Waals surface area contributed by atoms with Crippen molar-refractivity contribution in [1.29, 1.82) is 0 Å². The summed E-state index contributed by atoms with van der Waals surface area (Å²) in [5, 5.41) is 12.2. The monoisotopic (exact) mass is 515 g/mol. The normalized spacial score (nSPS) is 17.3. The zero-order chi connectivity index (χ0) is 24.6. The highest BCUT2D eigenvalue weighted by molar-refractivity contribution is 6.52. The first-order chi connectivity index (χ1) is 16.2. The van der Waals surface area contributed by atoms with Gasteiger partial charge in [-0.25, -0.2) is 0 Å². The molecule has 4 rings (SSSR count). The van der Waals surface area contributed by atoms with Crippen LogP contribution in [0.2, 0.25) is 15.1 Å². The van der Waals surface area contributed by atoms with E-state index in [1.165, 1.54) is 11.0 Å². The molecule has 0 aliphatic carbocycles. The molecule has 3 aromatic rings. The summed E-state index contributed by atoms with van der Waals surface area (Å²) in [6.07, 6.45) is 0. The number of rotatable bonds is 5. The van der Waals surface area contributed by atoms with Crippen LogP contribution in [0.4, 0.5) is 5.69 Å². The molecule has 0 spiro atoms. The van der Waals surface area contributed by atoms with Crippen molar-refractivity contribution in [2.24, 2.45) is 0 Å². The molecule has 1 saturated heterocycles. The van der Waals surface area contributed by atoms with Gasteiger partial charge in [0.2, 0.25) is 0 Å². The van der Waals surface area contributed by atoms with Crippen LogP contribution in [0.25, 0.3) is 5.76 Å².